The summed E-state index contributed by atoms with van der Waals surface area (Å²) < 4.78 is 5.71. The lowest BCUT2D eigenvalue weighted by atomic mass is 9.99. The largest absolute Gasteiger partial charge is 0.457 e. The zero-order valence-corrected chi connectivity index (χ0v) is 17.0. The third-order valence-corrected chi connectivity index (χ3v) is 5.43. The number of rotatable bonds is 4. The summed E-state index contributed by atoms with van der Waals surface area (Å²) in [6, 6.07) is 17.4. The van der Waals surface area contributed by atoms with Crippen LogP contribution in [-0.4, -0.2) is 22.3 Å². The van der Waals surface area contributed by atoms with E-state index in [1.54, 1.807) is 23.1 Å². The smallest absolute Gasteiger partial charge is 0.288 e. The van der Waals surface area contributed by atoms with Gasteiger partial charge >= 0.3 is 0 Å². The molecule has 2 heterocycles. The molecule has 1 amide bonds. The Balaban J connectivity index is 1.56. The van der Waals surface area contributed by atoms with Crippen LogP contribution in [0.3, 0.4) is 0 Å². The quantitative estimate of drug-likeness (QED) is 0.249. The fourth-order valence-electron chi connectivity index (χ4n) is 3.51. The predicted octanol–water partition coefficient (Wildman–Crippen LogP) is 5.00. The normalized spacial score (nSPS) is 13.4. The molecule has 0 unspecified atom stereocenters. The molecule has 154 valence electrons. The molecule has 7 nitrogen and oxygen atoms in total. The van der Waals surface area contributed by atoms with Gasteiger partial charge in [-0.2, -0.15) is 5.26 Å². The number of fused-ring (bicyclic) bond motifs is 1. The third kappa shape index (κ3) is 4.20. The Kier molecular flexibility index (Phi) is 5.56. The number of benzene rings is 2. The Morgan fingerprint density at radius 3 is 2.71 bits per heavy atom. The summed E-state index contributed by atoms with van der Waals surface area (Å²) in [6.07, 6.45) is 2.12. The maximum absolute atomic E-state index is 12.9. The predicted molar refractivity (Wildman–Crippen MR) is 115 cm³/mol. The van der Waals surface area contributed by atoms with E-state index >= 15 is 0 Å². The molecule has 0 atom stereocenters. The minimum atomic E-state index is -0.571. The second kappa shape index (κ2) is 8.46. The van der Waals surface area contributed by atoms with Crippen molar-refractivity contribution in [2.24, 2.45) is 0 Å². The van der Waals surface area contributed by atoms with Gasteiger partial charge in [-0.3, -0.25) is 14.9 Å². The number of halogens is 1. The molecule has 4 rings (SSSR count). The zero-order chi connectivity index (χ0) is 22.0. The molecular weight excluding hydrogens is 418 g/mol. The van der Waals surface area contributed by atoms with Crippen molar-refractivity contribution in [3.05, 3.63) is 92.2 Å². The molecule has 2 aromatic carbocycles. The van der Waals surface area contributed by atoms with E-state index in [0.717, 1.165) is 12.0 Å². The molecule has 0 saturated carbocycles. The van der Waals surface area contributed by atoms with Gasteiger partial charge in [0.15, 0.2) is 0 Å². The highest BCUT2D eigenvalue weighted by Crippen LogP contribution is 2.31. The molecule has 8 heteroatoms. The number of hydrogen-bond donors (Lipinski definition) is 0. The zero-order valence-electron chi connectivity index (χ0n) is 16.2. The van der Waals surface area contributed by atoms with Crippen LogP contribution >= 0.6 is 11.6 Å². The van der Waals surface area contributed by atoms with Gasteiger partial charge in [-0.1, -0.05) is 35.9 Å². The summed E-state index contributed by atoms with van der Waals surface area (Å²) in [5.74, 6) is 0.301. The highest BCUT2D eigenvalue weighted by Gasteiger charge is 2.23. The fraction of sp³-hybridized carbons (Fsp3) is 0.130. The number of nitriles is 1. The van der Waals surface area contributed by atoms with E-state index < -0.39 is 4.92 Å². The fourth-order valence-corrected chi connectivity index (χ4v) is 3.70. The van der Waals surface area contributed by atoms with Gasteiger partial charge in [-0.25, -0.2) is 0 Å². The molecule has 0 aliphatic carbocycles. The Morgan fingerprint density at radius 2 is 1.97 bits per heavy atom. The summed E-state index contributed by atoms with van der Waals surface area (Å²) in [5.41, 5.74) is 2.48. The topological polar surface area (TPSA) is 100 Å². The van der Waals surface area contributed by atoms with Crippen molar-refractivity contribution in [1.82, 2.24) is 4.90 Å². The molecule has 0 fully saturated rings. The van der Waals surface area contributed by atoms with Gasteiger partial charge in [0, 0.05) is 30.8 Å². The van der Waals surface area contributed by atoms with Crippen LogP contribution in [0.4, 0.5) is 5.69 Å². The standard InChI is InChI=1S/C23H16ClN3O4/c24-20-7-5-16(12-21(20)27(29)30)22-8-6-19(31-22)11-18(13-25)23(28)26-10-9-15-3-1-2-4-17(15)14-26/h1-8,11-12H,9-10,14H2. The molecule has 31 heavy (non-hydrogen) atoms. The lowest BCUT2D eigenvalue weighted by Gasteiger charge is -2.28. The van der Waals surface area contributed by atoms with Crippen molar-refractivity contribution in [3.8, 4) is 17.4 Å². The average molecular weight is 434 g/mol. The van der Waals surface area contributed by atoms with Gasteiger partial charge in [-0.05, 0) is 41.8 Å². The van der Waals surface area contributed by atoms with Gasteiger partial charge in [0.1, 0.15) is 28.2 Å². The minimum Gasteiger partial charge on any atom is -0.457 e. The second-order valence-corrected chi connectivity index (χ2v) is 7.45. The monoisotopic (exact) mass is 433 g/mol. The Labute approximate surface area is 182 Å². The number of furan rings is 1. The Bertz CT molecular complexity index is 1260. The van der Waals surface area contributed by atoms with E-state index in [1.807, 2.05) is 30.3 Å². The van der Waals surface area contributed by atoms with Crippen molar-refractivity contribution in [1.29, 1.82) is 5.26 Å². The average Bonchev–Trinajstić information content (AvgIpc) is 3.25. The minimum absolute atomic E-state index is 0.0286. The summed E-state index contributed by atoms with van der Waals surface area (Å²) in [4.78, 5) is 25.1. The highest BCUT2D eigenvalue weighted by atomic mass is 35.5. The van der Waals surface area contributed by atoms with Gasteiger partial charge in [0.25, 0.3) is 11.6 Å². The van der Waals surface area contributed by atoms with Crippen molar-refractivity contribution in [2.45, 2.75) is 13.0 Å². The van der Waals surface area contributed by atoms with Gasteiger partial charge < -0.3 is 9.32 Å². The summed E-state index contributed by atoms with van der Waals surface area (Å²) in [5, 5.41) is 20.7. The third-order valence-electron chi connectivity index (χ3n) is 5.11. The molecule has 3 aromatic rings. The van der Waals surface area contributed by atoms with Crippen molar-refractivity contribution in [3.63, 3.8) is 0 Å². The first-order valence-electron chi connectivity index (χ1n) is 9.48. The van der Waals surface area contributed by atoms with E-state index in [9.17, 15) is 20.2 Å². The number of nitro benzene ring substituents is 1. The molecule has 1 aliphatic heterocycles. The maximum Gasteiger partial charge on any atom is 0.288 e. The number of amides is 1. The van der Waals surface area contributed by atoms with Gasteiger partial charge in [0.2, 0.25) is 0 Å². The van der Waals surface area contributed by atoms with Gasteiger partial charge in [0.05, 0.1) is 4.92 Å². The molecular formula is C23H16ClN3O4. The van der Waals surface area contributed by atoms with Crippen molar-refractivity contribution >= 4 is 29.3 Å². The summed E-state index contributed by atoms with van der Waals surface area (Å²) in [7, 11) is 0. The van der Waals surface area contributed by atoms with E-state index in [1.165, 1.54) is 23.8 Å². The van der Waals surface area contributed by atoms with Crippen molar-refractivity contribution in [2.75, 3.05) is 6.54 Å². The summed E-state index contributed by atoms with van der Waals surface area (Å²) >= 11 is 5.85. The van der Waals surface area contributed by atoms with Crippen LogP contribution in [0.5, 0.6) is 0 Å². The maximum atomic E-state index is 12.9. The molecule has 0 radical (unpaired) electrons. The first-order valence-corrected chi connectivity index (χ1v) is 9.86. The van der Waals surface area contributed by atoms with E-state index in [4.69, 9.17) is 16.0 Å². The lowest BCUT2D eigenvalue weighted by molar-refractivity contribution is -0.384. The summed E-state index contributed by atoms with van der Waals surface area (Å²) in [6.45, 7) is 0.985. The van der Waals surface area contributed by atoms with Crippen LogP contribution < -0.4 is 0 Å². The number of nitro groups is 1. The molecule has 0 saturated heterocycles. The van der Waals surface area contributed by atoms with E-state index in [2.05, 4.69) is 0 Å². The molecule has 0 spiro atoms. The first-order chi connectivity index (χ1) is 15.0. The van der Waals surface area contributed by atoms with E-state index in [0.29, 0.717) is 30.2 Å². The van der Waals surface area contributed by atoms with Crippen LogP contribution in [0.1, 0.15) is 16.9 Å². The first kappa shape index (κ1) is 20.4. The number of carbonyl (C=O) groups is 1. The van der Waals surface area contributed by atoms with Crippen molar-refractivity contribution < 1.29 is 14.1 Å². The Hall–Kier alpha value is -3.89. The SMILES string of the molecule is N#CC(=Cc1ccc(-c2ccc(Cl)c([N+](=O)[O-])c2)o1)C(=O)N1CCc2ccccc2C1. The highest BCUT2D eigenvalue weighted by molar-refractivity contribution is 6.32. The van der Waals surface area contributed by atoms with E-state index in [-0.39, 0.29) is 22.2 Å². The lowest BCUT2D eigenvalue weighted by Crippen LogP contribution is -2.36. The van der Waals surface area contributed by atoms with Gasteiger partial charge in [-0.15, -0.1) is 0 Å². The number of hydrogen-bond acceptors (Lipinski definition) is 5. The molecule has 0 N–H and O–H groups in total. The Morgan fingerprint density at radius 1 is 1.19 bits per heavy atom. The van der Waals surface area contributed by atoms with Crippen LogP contribution in [0.15, 0.2) is 64.6 Å². The van der Waals surface area contributed by atoms with Crippen LogP contribution in [0, 0.1) is 21.4 Å². The number of nitrogens with zero attached hydrogens (tertiary/aromatic N) is 3. The second-order valence-electron chi connectivity index (χ2n) is 7.04. The molecule has 1 aliphatic rings. The van der Waals surface area contributed by atoms with Crippen LogP contribution in [0.2, 0.25) is 5.02 Å². The molecule has 1 aromatic heterocycles. The molecule has 0 bridgehead atoms. The number of carbonyl (C=O) groups excluding carboxylic acids is 1. The van der Waals surface area contributed by atoms with Crippen LogP contribution in [0.25, 0.3) is 17.4 Å². The van der Waals surface area contributed by atoms with Crippen LogP contribution in [-0.2, 0) is 17.8 Å².